The number of hydrogen-bond donors (Lipinski definition) is 1. The summed E-state index contributed by atoms with van der Waals surface area (Å²) >= 11 is 0. The van der Waals surface area contributed by atoms with Crippen molar-refractivity contribution < 1.29 is 19.4 Å². The lowest BCUT2D eigenvalue weighted by atomic mass is 9.77. The van der Waals surface area contributed by atoms with Gasteiger partial charge in [0.25, 0.3) is 0 Å². The summed E-state index contributed by atoms with van der Waals surface area (Å²) < 4.78 is 5.86. The number of aromatic carboxylic acids is 1. The van der Waals surface area contributed by atoms with E-state index >= 15 is 0 Å². The zero-order valence-electron chi connectivity index (χ0n) is 19.5. The van der Waals surface area contributed by atoms with Crippen molar-refractivity contribution in [2.24, 2.45) is 5.41 Å². The van der Waals surface area contributed by atoms with E-state index in [4.69, 9.17) is 9.84 Å². The van der Waals surface area contributed by atoms with Crippen LogP contribution in [0.25, 0.3) is 0 Å². The van der Waals surface area contributed by atoms with Crippen LogP contribution < -0.4 is 9.64 Å². The standard InChI is InChI=1S/C27H32N2O4/c1-26(2)11-14-33-23-8-3-19(15-22(23)26)17-28-12-9-27(10-13-28)16-24(30)29(18-27)21-6-4-20(5-7-21)25(31)32/h3-8,15H,9-14,16-18H2,1-2H3,(H,31,32). The van der Waals surface area contributed by atoms with Crippen LogP contribution in [0.4, 0.5) is 5.69 Å². The van der Waals surface area contributed by atoms with Crippen molar-refractivity contribution in [3.05, 3.63) is 59.2 Å². The summed E-state index contributed by atoms with van der Waals surface area (Å²) in [6.45, 7) is 8.98. The van der Waals surface area contributed by atoms with Gasteiger partial charge in [-0.15, -0.1) is 0 Å². The number of rotatable bonds is 4. The van der Waals surface area contributed by atoms with Gasteiger partial charge < -0.3 is 14.7 Å². The molecule has 1 N–H and O–H groups in total. The van der Waals surface area contributed by atoms with Gasteiger partial charge in [0.2, 0.25) is 5.91 Å². The lowest BCUT2D eigenvalue weighted by Crippen LogP contribution is -2.41. The second-order valence-electron chi connectivity index (χ2n) is 10.6. The van der Waals surface area contributed by atoms with Gasteiger partial charge in [0.05, 0.1) is 12.2 Å². The molecule has 5 rings (SSSR count). The van der Waals surface area contributed by atoms with Crippen LogP contribution in [-0.4, -0.2) is 48.1 Å². The average molecular weight is 449 g/mol. The number of hydrogen-bond acceptors (Lipinski definition) is 4. The van der Waals surface area contributed by atoms with E-state index < -0.39 is 5.97 Å². The molecule has 0 radical (unpaired) electrons. The molecule has 0 saturated carbocycles. The zero-order chi connectivity index (χ0) is 23.2. The molecule has 174 valence electrons. The molecule has 2 fully saturated rings. The number of carboxylic acids is 1. The van der Waals surface area contributed by atoms with E-state index in [-0.39, 0.29) is 22.3 Å². The van der Waals surface area contributed by atoms with Gasteiger partial charge in [0, 0.05) is 30.8 Å². The summed E-state index contributed by atoms with van der Waals surface area (Å²) in [7, 11) is 0. The molecular formula is C27H32N2O4. The number of likely N-dealkylation sites (tertiary alicyclic amines) is 1. The highest BCUT2D eigenvalue weighted by molar-refractivity contribution is 5.97. The molecular weight excluding hydrogens is 416 g/mol. The molecule has 33 heavy (non-hydrogen) atoms. The highest BCUT2D eigenvalue weighted by Gasteiger charge is 2.45. The van der Waals surface area contributed by atoms with Gasteiger partial charge in [-0.2, -0.15) is 0 Å². The van der Waals surface area contributed by atoms with Crippen LogP contribution in [0.3, 0.4) is 0 Å². The first kappa shape index (κ1) is 22.0. The fourth-order valence-electron chi connectivity index (χ4n) is 5.57. The quantitative estimate of drug-likeness (QED) is 0.748. The van der Waals surface area contributed by atoms with E-state index in [0.29, 0.717) is 6.42 Å². The van der Waals surface area contributed by atoms with Gasteiger partial charge in [-0.25, -0.2) is 4.79 Å². The van der Waals surface area contributed by atoms with Crippen LogP contribution in [0.2, 0.25) is 0 Å². The minimum atomic E-state index is -0.951. The van der Waals surface area contributed by atoms with E-state index in [1.54, 1.807) is 24.3 Å². The number of piperidine rings is 1. The maximum Gasteiger partial charge on any atom is 0.335 e. The van der Waals surface area contributed by atoms with E-state index in [1.807, 2.05) is 4.90 Å². The fourth-order valence-corrected chi connectivity index (χ4v) is 5.57. The van der Waals surface area contributed by atoms with Crippen molar-refractivity contribution >= 4 is 17.6 Å². The maximum atomic E-state index is 12.8. The molecule has 2 aromatic carbocycles. The van der Waals surface area contributed by atoms with Crippen molar-refractivity contribution in [2.45, 2.75) is 51.5 Å². The molecule has 3 aliphatic rings. The number of nitrogens with zero attached hydrogens (tertiary/aromatic N) is 2. The minimum absolute atomic E-state index is 0.0186. The number of amides is 1. The van der Waals surface area contributed by atoms with Crippen LogP contribution in [-0.2, 0) is 16.8 Å². The summed E-state index contributed by atoms with van der Waals surface area (Å²) in [6.07, 6.45) is 3.62. The number of carboxylic acid groups (broad SMARTS) is 1. The number of benzene rings is 2. The summed E-state index contributed by atoms with van der Waals surface area (Å²) in [5.41, 5.74) is 3.83. The number of ether oxygens (including phenoxy) is 1. The highest BCUT2D eigenvalue weighted by Crippen LogP contribution is 2.43. The van der Waals surface area contributed by atoms with Crippen molar-refractivity contribution in [1.29, 1.82) is 0 Å². The molecule has 6 heteroatoms. The van der Waals surface area contributed by atoms with E-state index in [2.05, 4.69) is 36.9 Å². The maximum absolute atomic E-state index is 12.8. The first-order valence-electron chi connectivity index (χ1n) is 11.9. The SMILES string of the molecule is CC1(C)CCOc2ccc(CN3CCC4(CC3)CC(=O)N(c3ccc(C(=O)O)cc3)C4)cc21. The summed E-state index contributed by atoms with van der Waals surface area (Å²) in [6, 6.07) is 13.3. The average Bonchev–Trinajstić information content (AvgIpc) is 3.11. The van der Waals surface area contributed by atoms with Crippen LogP contribution in [0.1, 0.15) is 61.0 Å². The molecule has 0 aliphatic carbocycles. The van der Waals surface area contributed by atoms with E-state index in [1.165, 1.54) is 11.1 Å². The Morgan fingerprint density at radius 1 is 1.06 bits per heavy atom. The Morgan fingerprint density at radius 2 is 1.79 bits per heavy atom. The molecule has 0 unspecified atom stereocenters. The Balaban J connectivity index is 1.22. The Labute approximate surface area is 195 Å². The smallest absolute Gasteiger partial charge is 0.335 e. The molecule has 0 bridgehead atoms. The van der Waals surface area contributed by atoms with Crippen LogP contribution in [0.15, 0.2) is 42.5 Å². The summed E-state index contributed by atoms with van der Waals surface area (Å²) in [4.78, 5) is 28.3. The first-order chi connectivity index (χ1) is 15.7. The Hall–Kier alpha value is -2.86. The number of fused-ring (bicyclic) bond motifs is 1. The lowest BCUT2D eigenvalue weighted by Gasteiger charge is -2.39. The topological polar surface area (TPSA) is 70.1 Å². The number of carbonyl (C=O) groups is 2. The largest absolute Gasteiger partial charge is 0.493 e. The van der Waals surface area contributed by atoms with Crippen molar-refractivity contribution in [3.63, 3.8) is 0 Å². The third-order valence-electron chi connectivity index (χ3n) is 7.83. The highest BCUT2D eigenvalue weighted by atomic mass is 16.5. The van der Waals surface area contributed by atoms with E-state index in [0.717, 1.165) is 63.5 Å². The van der Waals surface area contributed by atoms with Crippen molar-refractivity contribution in [1.82, 2.24) is 4.90 Å². The number of carbonyl (C=O) groups excluding carboxylic acids is 1. The predicted octanol–water partition coefficient (Wildman–Crippen LogP) is 4.46. The van der Waals surface area contributed by atoms with Gasteiger partial charge in [-0.1, -0.05) is 26.0 Å². The minimum Gasteiger partial charge on any atom is -0.493 e. The number of anilines is 1. The summed E-state index contributed by atoms with van der Waals surface area (Å²) in [5, 5.41) is 9.11. The molecule has 2 aromatic rings. The Bertz CT molecular complexity index is 1070. The molecule has 2 saturated heterocycles. The first-order valence-corrected chi connectivity index (χ1v) is 11.9. The third kappa shape index (κ3) is 4.24. The van der Waals surface area contributed by atoms with Crippen LogP contribution >= 0.6 is 0 Å². The molecule has 3 aliphatic heterocycles. The predicted molar refractivity (Wildman–Crippen MR) is 127 cm³/mol. The molecule has 0 aromatic heterocycles. The zero-order valence-corrected chi connectivity index (χ0v) is 19.5. The van der Waals surface area contributed by atoms with E-state index in [9.17, 15) is 9.59 Å². The van der Waals surface area contributed by atoms with Gasteiger partial charge in [0.1, 0.15) is 5.75 Å². The molecule has 1 spiro atoms. The monoisotopic (exact) mass is 448 g/mol. The third-order valence-corrected chi connectivity index (χ3v) is 7.83. The van der Waals surface area contributed by atoms with Crippen molar-refractivity contribution in [2.75, 3.05) is 31.1 Å². The van der Waals surface area contributed by atoms with Gasteiger partial charge in [0.15, 0.2) is 0 Å². The van der Waals surface area contributed by atoms with Crippen LogP contribution in [0, 0.1) is 5.41 Å². The summed E-state index contributed by atoms with van der Waals surface area (Å²) in [5.74, 6) is 0.213. The normalized spacial score (nSPS) is 21.6. The Morgan fingerprint density at radius 3 is 2.48 bits per heavy atom. The van der Waals surface area contributed by atoms with Gasteiger partial charge >= 0.3 is 5.97 Å². The van der Waals surface area contributed by atoms with Crippen LogP contribution in [0.5, 0.6) is 5.75 Å². The molecule has 6 nitrogen and oxygen atoms in total. The molecule has 1 amide bonds. The second-order valence-corrected chi connectivity index (χ2v) is 10.6. The fraction of sp³-hybridized carbons (Fsp3) is 0.481. The molecule has 0 atom stereocenters. The second kappa shape index (κ2) is 8.17. The van der Waals surface area contributed by atoms with Gasteiger partial charge in [-0.05, 0) is 79.1 Å². The Kier molecular flexibility index (Phi) is 5.44. The van der Waals surface area contributed by atoms with Gasteiger partial charge in [-0.3, -0.25) is 9.69 Å². The van der Waals surface area contributed by atoms with Crippen molar-refractivity contribution in [3.8, 4) is 5.75 Å². The molecule has 3 heterocycles. The lowest BCUT2D eigenvalue weighted by molar-refractivity contribution is -0.118.